The number of rotatable bonds is 4. The summed E-state index contributed by atoms with van der Waals surface area (Å²) in [5.74, 6) is 0.0195. The predicted octanol–water partition coefficient (Wildman–Crippen LogP) is 3.88. The highest BCUT2D eigenvalue weighted by Crippen LogP contribution is 2.34. The molecule has 5 nitrogen and oxygen atoms in total. The molecule has 0 aliphatic carbocycles. The Hall–Kier alpha value is -1.96. The molecule has 1 saturated heterocycles. The van der Waals surface area contributed by atoms with E-state index in [1.54, 1.807) is 25.8 Å². The maximum absolute atomic E-state index is 12.7. The summed E-state index contributed by atoms with van der Waals surface area (Å²) in [5.41, 5.74) is 4.23. The zero-order chi connectivity index (χ0) is 19.5. The molecule has 1 aromatic carbocycles. The monoisotopic (exact) mass is 374 g/mol. The minimum absolute atomic E-state index is 0.0494. The van der Waals surface area contributed by atoms with Crippen molar-refractivity contribution in [3.8, 4) is 5.75 Å². The van der Waals surface area contributed by atoms with Crippen LogP contribution in [0.4, 0.5) is 18.9 Å². The van der Waals surface area contributed by atoms with E-state index < -0.39 is 17.2 Å². The maximum Gasteiger partial charge on any atom is 0.416 e. The van der Waals surface area contributed by atoms with Gasteiger partial charge in [-0.2, -0.15) is 13.2 Å². The SMILES string of the molecule is CC(C)(C)C(=O)ON1CCCC(COc2ccc(C(F)(F)F)cc2N)C1. The lowest BCUT2D eigenvalue weighted by atomic mass is 9.97. The first-order chi connectivity index (χ1) is 12.0. The highest BCUT2D eigenvalue weighted by Gasteiger charge is 2.31. The first-order valence-corrected chi connectivity index (χ1v) is 8.53. The molecule has 1 aromatic rings. The molecule has 1 aliphatic rings. The molecule has 0 aromatic heterocycles. The number of halogens is 3. The number of nitrogen functional groups attached to an aromatic ring is 1. The fourth-order valence-electron chi connectivity index (χ4n) is 2.56. The van der Waals surface area contributed by atoms with Crippen LogP contribution in [0.2, 0.25) is 0 Å². The van der Waals surface area contributed by atoms with Gasteiger partial charge in [0, 0.05) is 19.0 Å². The summed E-state index contributed by atoms with van der Waals surface area (Å²) in [4.78, 5) is 17.4. The van der Waals surface area contributed by atoms with Crippen molar-refractivity contribution >= 4 is 11.7 Å². The predicted molar refractivity (Wildman–Crippen MR) is 91.2 cm³/mol. The van der Waals surface area contributed by atoms with Gasteiger partial charge in [-0.3, -0.25) is 0 Å². The van der Waals surface area contributed by atoms with Crippen molar-refractivity contribution in [2.24, 2.45) is 11.3 Å². The molecule has 1 atom stereocenters. The Morgan fingerprint density at radius 1 is 1.31 bits per heavy atom. The molecule has 0 spiro atoms. The molecule has 26 heavy (non-hydrogen) atoms. The maximum atomic E-state index is 12.7. The lowest BCUT2D eigenvalue weighted by Gasteiger charge is -2.32. The summed E-state index contributed by atoms with van der Waals surface area (Å²) in [7, 11) is 0. The Labute approximate surface area is 151 Å². The van der Waals surface area contributed by atoms with Crippen LogP contribution < -0.4 is 10.5 Å². The molecule has 2 N–H and O–H groups in total. The third kappa shape index (κ3) is 5.52. The van der Waals surface area contributed by atoms with E-state index in [-0.39, 0.29) is 23.3 Å². The number of hydrogen-bond donors (Lipinski definition) is 1. The highest BCUT2D eigenvalue weighted by molar-refractivity contribution is 5.75. The second-order valence-corrected chi connectivity index (χ2v) is 7.59. The molecular formula is C18H25F3N2O3. The van der Waals surface area contributed by atoms with Gasteiger partial charge in [-0.15, -0.1) is 5.06 Å². The van der Waals surface area contributed by atoms with Crippen LogP contribution in [0.5, 0.6) is 5.75 Å². The van der Waals surface area contributed by atoms with Gasteiger partial charge in [0.2, 0.25) is 0 Å². The first-order valence-electron chi connectivity index (χ1n) is 8.53. The number of benzene rings is 1. The number of carbonyl (C=O) groups is 1. The Kier molecular flexibility index (Phi) is 6.05. The van der Waals surface area contributed by atoms with E-state index in [2.05, 4.69) is 0 Å². The van der Waals surface area contributed by atoms with Crippen molar-refractivity contribution in [2.45, 2.75) is 39.8 Å². The van der Waals surface area contributed by atoms with Crippen LogP contribution >= 0.6 is 0 Å². The molecule has 2 rings (SSSR count). The summed E-state index contributed by atoms with van der Waals surface area (Å²) < 4.78 is 43.6. The van der Waals surface area contributed by atoms with Crippen molar-refractivity contribution in [1.29, 1.82) is 0 Å². The third-order valence-electron chi connectivity index (χ3n) is 4.12. The molecule has 0 bridgehead atoms. The second-order valence-electron chi connectivity index (χ2n) is 7.59. The van der Waals surface area contributed by atoms with Crippen LogP contribution in [0.3, 0.4) is 0 Å². The topological polar surface area (TPSA) is 64.8 Å². The summed E-state index contributed by atoms with van der Waals surface area (Å²) >= 11 is 0. The summed E-state index contributed by atoms with van der Waals surface area (Å²) in [6, 6.07) is 3.05. The molecule has 146 valence electrons. The van der Waals surface area contributed by atoms with Gasteiger partial charge in [0.1, 0.15) is 5.75 Å². The van der Waals surface area contributed by atoms with E-state index in [4.69, 9.17) is 15.3 Å². The number of hydrogen-bond acceptors (Lipinski definition) is 5. The summed E-state index contributed by atoms with van der Waals surface area (Å²) in [6.45, 7) is 6.82. The number of piperidine rings is 1. The van der Waals surface area contributed by atoms with Gasteiger partial charge < -0.3 is 15.3 Å². The van der Waals surface area contributed by atoms with E-state index in [0.29, 0.717) is 19.7 Å². The smallest absolute Gasteiger partial charge is 0.416 e. The average molecular weight is 374 g/mol. The number of hydroxylamine groups is 2. The van der Waals surface area contributed by atoms with E-state index in [9.17, 15) is 18.0 Å². The van der Waals surface area contributed by atoms with Crippen LogP contribution in [-0.4, -0.2) is 30.7 Å². The third-order valence-corrected chi connectivity index (χ3v) is 4.12. The standard InChI is InChI=1S/C18H25F3N2O3/c1-17(2,3)16(24)26-23-8-4-5-12(10-23)11-25-15-7-6-13(9-14(15)22)18(19,20)21/h6-7,9,12H,4-5,8,10-11,22H2,1-3H3. The summed E-state index contributed by atoms with van der Waals surface area (Å²) in [5, 5.41) is 1.63. The van der Waals surface area contributed by atoms with Gasteiger partial charge in [0.25, 0.3) is 0 Å². The fourth-order valence-corrected chi connectivity index (χ4v) is 2.56. The van der Waals surface area contributed by atoms with E-state index in [0.717, 1.165) is 25.0 Å². The van der Waals surface area contributed by atoms with Crippen LogP contribution in [0, 0.1) is 11.3 Å². The van der Waals surface area contributed by atoms with Gasteiger partial charge in [-0.1, -0.05) is 0 Å². The molecule has 1 heterocycles. The van der Waals surface area contributed by atoms with Crippen LogP contribution in [0.15, 0.2) is 18.2 Å². The Morgan fingerprint density at radius 3 is 2.58 bits per heavy atom. The van der Waals surface area contributed by atoms with Crippen molar-refractivity contribution in [1.82, 2.24) is 5.06 Å². The number of nitrogens with zero attached hydrogens (tertiary/aromatic N) is 1. The molecule has 1 fully saturated rings. The number of nitrogens with two attached hydrogens (primary N) is 1. The zero-order valence-electron chi connectivity index (χ0n) is 15.2. The summed E-state index contributed by atoms with van der Waals surface area (Å²) in [6.07, 6.45) is -2.72. The Balaban J connectivity index is 1.90. The van der Waals surface area contributed by atoms with E-state index >= 15 is 0 Å². The quantitative estimate of drug-likeness (QED) is 0.810. The van der Waals surface area contributed by atoms with E-state index in [1.807, 2.05) is 0 Å². The molecule has 0 radical (unpaired) electrons. The van der Waals surface area contributed by atoms with Crippen molar-refractivity contribution in [3.05, 3.63) is 23.8 Å². The van der Waals surface area contributed by atoms with Gasteiger partial charge >= 0.3 is 12.1 Å². The van der Waals surface area contributed by atoms with Gasteiger partial charge in [0.05, 0.1) is 23.3 Å². The lowest BCUT2D eigenvalue weighted by molar-refractivity contribution is -0.208. The largest absolute Gasteiger partial charge is 0.491 e. The number of carbonyl (C=O) groups excluding carboxylic acids is 1. The highest BCUT2D eigenvalue weighted by atomic mass is 19.4. The van der Waals surface area contributed by atoms with Gasteiger partial charge in [-0.05, 0) is 51.8 Å². The lowest BCUT2D eigenvalue weighted by Crippen LogP contribution is -2.41. The number of alkyl halides is 3. The zero-order valence-corrected chi connectivity index (χ0v) is 15.2. The molecule has 0 amide bonds. The van der Waals surface area contributed by atoms with Gasteiger partial charge in [-0.25, -0.2) is 4.79 Å². The number of anilines is 1. The molecule has 1 aliphatic heterocycles. The van der Waals surface area contributed by atoms with Crippen molar-refractivity contribution in [2.75, 3.05) is 25.4 Å². The van der Waals surface area contributed by atoms with Crippen LogP contribution in [0.1, 0.15) is 39.2 Å². The molecule has 8 heteroatoms. The first kappa shape index (κ1) is 20.4. The van der Waals surface area contributed by atoms with Crippen molar-refractivity contribution < 1.29 is 27.5 Å². The Bertz CT molecular complexity index is 642. The minimum atomic E-state index is -4.44. The van der Waals surface area contributed by atoms with E-state index in [1.165, 1.54) is 6.07 Å². The van der Waals surface area contributed by atoms with Crippen LogP contribution in [-0.2, 0) is 15.8 Å². The Morgan fingerprint density at radius 2 is 2.00 bits per heavy atom. The van der Waals surface area contributed by atoms with Crippen molar-refractivity contribution in [3.63, 3.8) is 0 Å². The number of ether oxygens (including phenoxy) is 1. The normalized spacial score (nSPS) is 19.2. The van der Waals surface area contributed by atoms with Crippen LogP contribution in [0.25, 0.3) is 0 Å². The molecule has 1 unspecified atom stereocenters. The minimum Gasteiger partial charge on any atom is -0.491 e. The van der Waals surface area contributed by atoms with Gasteiger partial charge in [0.15, 0.2) is 0 Å². The second kappa shape index (κ2) is 7.73. The molecular weight excluding hydrogens is 349 g/mol. The average Bonchev–Trinajstić information content (AvgIpc) is 2.52. The fraction of sp³-hybridized carbons (Fsp3) is 0.611. The molecule has 0 saturated carbocycles.